The van der Waals surface area contributed by atoms with Gasteiger partial charge in [-0.3, -0.25) is 34.4 Å². The van der Waals surface area contributed by atoms with Gasteiger partial charge in [0.15, 0.2) is 0 Å². The minimum atomic E-state index is -1.16. The van der Waals surface area contributed by atoms with Gasteiger partial charge >= 0.3 is 11.9 Å². The van der Waals surface area contributed by atoms with Gasteiger partial charge in [0.1, 0.15) is 12.6 Å². The predicted molar refractivity (Wildman–Crippen MR) is 204 cm³/mol. The number of aromatic nitrogens is 2. The summed E-state index contributed by atoms with van der Waals surface area (Å²) in [5.41, 5.74) is 5.78. The standard InChI is InChI=1S/C40H48ClN5O7/c1-44-35-19-17-29(41)24-31(35)30(38(44)28-11-9-20-42-25-28)12-3-2-4-15-36(48)45(22-23-47)21-8-7-13-33(40(52)53)43-32-18-16-27-10-5-6-14-34(27)46(39(32)51)26-37(49)50/h5-6,9-11,14,17,19-20,24-25,32-33,43,47H,2-4,7-8,12-13,15-16,18,21-23,26H2,1H3,(H,49,50)(H,52,53)/t32-,33-/m0/s1. The zero-order valence-corrected chi connectivity index (χ0v) is 30.8. The molecule has 3 heterocycles. The molecule has 2 aromatic heterocycles. The van der Waals surface area contributed by atoms with Crippen LogP contribution in [0.5, 0.6) is 0 Å². The van der Waals surface area contributed by atoms with Crippen LogP contribution >= 0.6 is 11.6 Å². The van der Waals surface area contributed by atoms with Gasteiger partial charge < -0.3 is 24.8 Å². The lowest BCUT2D eigenvalue weighted by Gasteiger charge is -2.27. The van der Waals surface area contributed by atoms with Crippen molar-refractivity contribution in [3.63, 3.8) is 0 Å². The number of aliphatic hydroxyl groups excluding tert-OH is 1. The van der Waals surface area contributed by atoms with E-state index in [9.17, 15) is 34.5 Å². The Balaban J connectivity index is 1.11. The fraction of sp³-hybridized carbons (Fsp3) is 0.425. The van der Waals surface area contributed by atoms with Crippen LogP contribution in [0, 0.1) is 0 Å². The van der Waals surface area contributed by atoms with E-state index in [0.29, 0.717) is 55.8 Å². The number of anilines is 1. The summed E-state index contributed by atoms with van der Waals surface area (Å²) in [5.74, 6) is -2.79. The number of carboxylic acid groups (broad SMARTS) is 2. The molecule has 0 aliphatic carbocycles. The molecule has 0 radical (unpaired) electrons. The molecule has 2 amide bonds. The van der Waals surface area contributed by atoms with Crippen LogP contribution in [0.15, 0.2) is 67.0 Å². The molecule has 13 heteroatoms. The molecule has 282 valence electrons. The van der Waals surface area contributed by atoms with E-state index in [1.165, 1.54) is 10.5 Å². The molecule has 0 saturated carbocycles. The van der Waals surface area contributed by atoms with Crippen molar-refractivity contribution >= 4 is 51.9 Å². The number of halogens is 1. The summed E-state index contributed by atoms with van der Waals surface area (Å²) in [7, 11) is 2.05. The molecule has 1 aliphatic rings. The maximum absolute atomic E-state index is 13.4. The molecule has 53 heavy (non-hydrogen) atoms. The number of hydrogen-bond donors (Lipinski definition) is 4. The fourth-order valence-corrected chi connectivity index (χ4v) is 7.52. The van der Waals surface area contributed by atoms with E-state index >= 15 is 0 Å². The molecular formula is C40H48ClN5O7. The van der Waals surface area contributed by atoms with Crippen molar-refractivity contribution in [2.24, 2.45) is 7.05 Å². The predicted octanol–water partition coefficient (Wildman–Crippen LogP) is 5.46. The highest BCUT2D eigenvalue weighted by atomic mass is 35.5. The number of aryl methyl sites for hydroxylation is 3. The monoisotopic (exact) mass is 745 g/mol. The molecular weight excluding hydrogens is 698 g/mol. The first kappa shape index (κ1) is 39.4. The molecule has 0 bridgehead atoms. The first-order valence-corrected chi connectivity index (χ1v) is 18.6. The number of aliphatic carboxylic acids is 2. The number of carbonyl (C=O) groups is 4. The molecule has 4 N–H and O–H groups in total. The Hall–Kier alpha value is -4.78. The van der Waals surface area contributed by atoms with Gasteiger partial charge in [-0.1, -0.05) is 36.2 Å². The largest absolute Gasteiger partial charge is 0.480 e. The lowest BCUT2D eigenvalue weighted by Crippen LogP contribution is -2.52. The second kappa shape index (κ2) is 18.8. The third-order valence-corrected chi connectivity index (χ3v) is 10.2. The first-order valence-electron chi connectivity index (χ1n) is 18.2. The third kappa shape index (κ3) is 10.0. The van der Waals surface area contributed by atoms with Gasteiger partial charge in [0.25, 0.3) is 0 Å². The van der Waals surface area contributed by atoms with Gasteiger partial charge in [0.05, 0.1) is 18.3 Å². The normalized spacial score (nSPS) is 14.9. The lowest BCUT2D eigenvalue weighted by atomic mass is 10.00. The van der Waals surface area contributed by atoms with Crippen LogP contribution in [0.3, 0.4) is 0 Å². The smallest absolute Gasteiger partial charge is 0.323 e. The molecule has 1 aliphatic heterocycles. The Morgan fingerprint density at radius 3 is 2.57 bits per heavy atom. The van der Waals surface area contributed by atoms with Gasteiger partial charge in [0, 0.05) is 66.1 Å². The highest BCUT2D eigenvalue weighted by Gasteiger charge is 2.34. The molecule has 0 spiro atoms. The second-order valence-corrected chi connectivity index (χ2v) is 14.0. The fourth-order valence-electron chi connectivity index (χ4n) is 7.35. The van der Waals surface area contributed by atoms with Gasteiger partial charge in [-0.2, -0.15) is 0 Å². The number of aliphatic hydroxyl groups is 1. The lowest BCUT2D eigenvalue weighted by molar-refractivity contribution is -0.141. The van der Waals surface area contributed by atoms with E-state index in [4.69, 9.17) is 11.6 Å². The van der Waals surface area contributed by atoms with Gasteiger partial charge in [-0.05, 0) is 98.9 Å². The van der Waals surface area contributed by atoms with Crippen LogP contribution in [0.2, 0.25) is 5.02 Å². The number of pyridine rings is 1. The molecule has 0 unspecified atom stereocenters. The Bertz CT molecular complexity index is 1900. The van der Waals surface area contributed by atoms with Crippen molar-refractivity contribution in [2.75, 3.05) is 31.1 Å². The highest BCUT2D eigenvalue weighted by Crippen LogP contribution is 2.35. The number of rotatable bonds is 19. The quantitative estimate of drug-likeness (QED) is 0.0912. The van der Waals surface area contributed by atoms with E-state index in [-0.39, 0.29) is 25.5 Å². The van der Waals surface area contributed by atoms with Crippen molar-refractivity contribution in [3.05, 3.63) is 83.1 Å². The molecule has 0 fully saturated rings. The summed E-state index contributed by atoms with van der Waals surface area (Å²) < 4.78 is 2.18. The number of nitrogens with zero attached hydrogens (tertiary/aromatic N) is 4. The van der Waals surface area contributed by atoms with E-state index in [0.717, 1.165) is 47.0 Å². The molecule has 4 aromatic rings. The SMILES string of the molecule is Cn1c(-c2cccnc2)c(CCCCCC(=O)N(CCO)CCCC[C@H](N[C@H]2CCc3ccccc3N(CC(=O)O)C2=O)C(=O)O)c2cc(Cl)ccc21. The average molecular weight is 746 g/mol. The van der Waals surface area contributed by atoms with Gasteiger partial charge in [0.2, 0.25) is 11.8 Å². The molecule has 2 atom stereocenters. The number of para-hydroxylation sites is 1. The number of nitrogens with one attached hydrogen (secondary N) is 1. The number of carboxylic acids is 2. The van der Waals surface area contributed by atoms with Crippen molar-refractivity contribution in [1.29, 1.82) is 0 Å². The number of unbranched alkanes of at least 4 members (excludes halogenated alkanes) is 3. The van der Waals surface area contributed by atoms with E-state index in [1.807, 2.05) is 49.6 Å². The maximum Gasteiger partial charge on any atom is 0.323 e. The Morgan fingerprint density at radius 2 is 1.83 bits per heavy atom. The van der Waals surface area contributed by atoms with Gasteiger partial charge in [-0.25, -0.2) is 0 Å². The Kier molecular flexibility index (Phi) is 14.0. The molecule has 5 rings (SSSR count). The number of amides is 2. The molecule has 0 saturated heterocycles. The van der Waals surface area contributed by atoms with E-state index < -0.39 is 36.5 Å². The second-order valence-electron chi connectivity index (χ2n) is 13.5. The summed E-state index contributed by atoms with van der Waals surface area (Å²) in [6.45, 7) is -0.125. The van der Waals surface area contributed by atoms with Gasteiger partial charge in [-0.15, -0.1) is 0 Å². The maximum atomic E-state index is 13.4. The average Bonchev–Trinajstić information content (AvgIpc) is 3.34. The van der Waals surface area contributed by atoms with Crippen LogP contribution in [0.25, 0.3) is 22.2 Å². The molecule has 12 nitrogen and oxygen atoms in total. The van der Waals surface area contributed by atoms with Crippen molar-refractivity contribution < 1.29 is 34.5 Å². The van der Waals surface area contributed by atoms with Crippen molar-refractivity contribution in [3.8, 4) is 11.3 Å². The highest BCUT2D eigenvalue weighted by molar-refractivity contribution is 6.31. The first-order chi connectivity index (χ1) is 25.6. The summed E-state index contributed by atoms with van der Waals surface area (Å²) in [5, 5.41) is 33.9. The van der Waals surface area contributed by atoms with Crippen LogP contribution in [-0.2, 0) is 39.1 Å². The van der Waals surface area contributed by atoms with Crippen LogP contribution in [0.4, 0.5) is 5.69 Å². The number of fused-ring (bicyclic) bond motifs is 2. The molecule has 2 aromatic carbocycles. The number of hydrogen-bond acceptors (Lipinski definition) is 7. The zero-order valence-electron chi connectivity index (χ0n) is 30.0. The van der Waals surface area contributed by atoms with Crippen LogP contribution < -0.4 is 10.2 Å². The van der Waals surface area contributed by atoms with Crippen molar-refractivity contribution in [2.45, 2.75) is 76.3 Å². The summed E-state index contributed by atoms with van der Waals surface area (Å²) in [6.07, 6.45) is 9.20. The van der Waals surface area contributed by atoms with E-state index in [1.54, 1.807) is 23.2 Å². The summed E-state index contributed by atoms with van der Waals surface area (Å²) in [6, 6.07) is 15.1. The van der Waals surface area contributed by atoms with Crippen molar-refractivity contribution in [1.82, 2.24) is 19.8 Å². The Morgan fingerprint density at radius 1 is 1.02 bits per heavy atom. The minimum absolute atomic E-state index is 0.0536. The number of benzene rings is 2. The number of carbonyl (C=O) groups excluding carboxylic acids is 2. The Labute approximate surface area is 314 Å². The van der Waals surface area contributed by atoms with Crippen LogP contribution in [0.1, 0.15) is 62.5 Å². The topological polar surface area (TPSA) is 165 Å². The third-order valence-electron chi connectivity index (χ3n) is 9.95. The summed E-state index contributed by atoms with van der Waals surface area (Å²) >= 11 is 6.39. The zero-order chi connectivity index (χ0) is 37.9. The summed E-state index contributed by atoms with van der Waals surface area (Å²) in [4.78, 5) is 57.6. The minimum Gasteiger partial charge on any atom is -0.480 e. The van der Waals surface area contributed by atoms with Crippen LogP contribution in [-0.4, -0.2) is 91.8 Å². The van der Waals surface area contributed by atoms with E-state index in [2.05, 4.69) is 20.9 Å².